The van der Waals surface area contributed by atoms with Gasteiger partial charge in [-0.3, -0.25) is 4.79 Å². The van der Waals surface area contributed by atoms with Crippen molar-refractivity contribution in [2.24, 2.45) is 0 Å². The summed E-state index contributed by atoms with van der Waals surface area (Å²) in [5.41, 5.74) is 0. The van der Waals surface area contributed by atoms with Crippen molar-refractivity contribution in [1.29, 1.82) is 0 Å². The van der Waals surface area contributed by atoms with Crippen LogP contribution < -0.4 is 5.32 Å². The molecule has 6 atom stereocenters. The van der Waals surface area contributed by atoms with Gasteiger partial charge in [-0.2, -0.15) is 0 Å². The summed E-state index contributed by atoms with van der Waals surface area (Å²) < 4.78 is 10.1. The lowest BCUT2D eigenvalue weighted by molar-refractivity contribution is -0.267. The molecule has 1 amide bonds. The van der Waals surface area contributed by atoms with Crippen molar-refractivity contribution in [3.63, 3.8) is 0 Å². The number of carbonyl (C=O) groups excluding carboxylic acids is 1. The first-order valence-corrected chi connectivity index (χ1v) is 6.05. The lowest BCUT2D eigenvalue weighted by Gasteiger charge is -2.42. The minimum absolute atomic E-state index is 0.510. The van der Waals surface area contributed by atoms with Gasteiger partial charge in [-0.05, 0) is 6.92 Å². The predicted octanol–water partition coefficient (Wildman–Crippen LogP) is -2.58. The average Bonchev–Trinajstić information content (AvgIpc) is 2.36. The highest BCUT2D eigenvalue weighted by molar-refractivity contribution is 5.73. The van der Waals surface area contributed by atoms with Crippen molar-refractivity contribution in [2.45, 2.75) is 50.6 Å². The Hall–Kier alpha value is -1.26. The van der Waals surface area contributed by atoms with Gasteiger partial charge in [-0.1, -0.05) is 0 Å². The second-order valence-corrected chi connectivity index (χ2v) is 4.55. The monoisotopic (exact) mass is 293 g/mol. The number of amides is 1. The molecule has 0 aliphatic carbocycles. The molecular formula is C11H19NO8. The molecule has 0 spiro atoms. The van der Waals surface area contributed by atoms with E-state index in [1.807, 2.05) is 0 Å². The summed E-state index contributed by atoms with van der Waals surface area (Å²) in [6.07, 6.45) is -6.57. The molecule has 0 radical (unpaired) electrons. The highest BCUT2D eigenvalue weighted by atomic mass is 16.6. The molecule has 1 fully saturated rings. The molecule has 1 aliphatic heterocycles. The summed E-state index contributed by atoms with van der Waals surface area (Å²) in [4.78, 5) is 21.9. The maximum Gasteiger partial charge on any atom is 0.332 e. The standard InChI is InChI=1S/C11H19NO8/c1-4(10(16)17)19-9-7(12-5(2)14)11(18)20-6(3-13)8(9)15/h4,6-9,11,13,15,18H,3H2,1-2H3,(H,12,14)(H,16,17)/t4-,6+,7-,8-,9-,11+/m0/s1. The Balaban J connectivity index is 2.92. The van der Waals surface area contributed by atoms with Gasteiger partial charge in [-0.25, -0.2) is 4.79 Å². The fourth-order valence-electron chi connectivity index (χ4n) is 1.93. The number of rotatable bonds is 5. The molecule has 1 heterocycles. The molecule has 5 N–H and O–H groups in total. The van der Waals surface area contributed by atoms with Gasteiger partial charge in [0, 0.05) is 6.92 Å². The van der Waals surface area contributed by atoms with Crippen LogP contribution in [0.25, 0.3) is 0 Å². The van der Waals surface area contributed by atoms with Crippen molar-refractivity contribution in [3.05, 3.63) is 0 Å². The Morgan fingerprint density at radius 2 is 2.00 bits per heavy atom. The molecule has 1 rings (SSSR count). The molecule has 1 aliphatic rings. The summed E-state index contributed by atoms with van der Waals surface area (Å²) in [7, 11) is 0. The Kier molecular flexibility index (Phi) is 5.84. The number of aliphatic carboxylic acids is 1. The van der Waals surface area contributed by atoms with E-state index in [1.54, 1.807) is 0 Å². The first kappa shape index (κ1) is 16.8. The van der Waals surface area contributed by atoms with Crippen LogP contribution in [0.1, 0.15) is 13.8 Å². The van der Waals surface area contributed by atoms with Crippen LogP contribution in [0.3, 0.4) is 0 Å². The number of carbonyl (C=O) groups is 2. The summed E-state index contributed by atoms with van der Waals surface area (Å²) in [6.45, 7) is 1.84. The van der Waals surface area contributed by atoms with Crippen LogP contribution >= 0.6 is 0 Å². The average molecular weight is 293 g/mol. The van der Waals surface area contributed by atoms with E-state index in [0.717, 1.165) is 0 Å². The largest absolute Gasteiger partial charge is 0.479 e. The molecular weight excluding hydrogens is 274 g/mol. The van der Waals surface area contributed by atoms with Gasteiger partial charge in [0.15, 0.2) is 12.4 Å². The zero-order chi connectivity index (χ0) is 15.4. The highest BCUT2D eigenvalue weighted by Crippen LogP contribution is 2.23. The van der Waals surface area contributed by atoms with Crippen molar-refractivity contribution in [2.75, 3.05) is 6.61 Å². The van der Waals surface area contributed by atoms with E-state index in [0.29, 0.717) is 0 Å². The van der Waals surface area contributed by atoms with Gasteiger partial charge in [-0.15, -0.1) is 0 Å². The third-order valence-corrected chi connectivity index (χ3v) is 2.95. The number of carboxylic acid groups (broad SMARTS) is 1. The minimum Gasteiger partial charge on any atom is -0.479 e. The fourth-order valence-corrected chi connectivity index (χ4v) is 1.93. The molecule has 9 heteroatoms. The molecule has 0 unspecified atom stereocenters. The van der Waals surface area contributed by atoms with Crippen LogP contribution in [0.2, 0.25) is 0 Å². The Morgan fingerprint density at radius 1 is 1.40 bits per heavy atom. The summed E-state index contributed by atoms with van der Waals surface area (Å²) in [5, 5.41) is 40.0. The van der Waals surface area contributed by atoms with Crippen LogP contribution in [-0.4, -0.2) is 75.7 Å². The summed E-state index contributed by atoms with van der Waals surface area (Å²) in [5.74, 6) is -1.77. The zero-order valence-electron chi connectivity index (χ0n) is 11.1. The zero-order valence-corrected chi connectivity index (χ0v) is 11.1. The van der Waals surface area contributed by atoms with E-state index in [1.165, 1.54) is 13.8 Å². The van der Waals surface area contributed by atoms with Gasteiger partial charge in [0.1, 0.15) is 24.4 Å². The number of ether oxygens (including phenoxy) is 2. The number of aliphatic hydroxyl groups excluding tert-OH is 3. The second-order valence-electron chi connectivity index (χ2n) is 4.55. The summed E-state index contributed by atoms with van der Waals surface area (Å²) >= 11 is 0. The van der Waals surface area contributed by atoms with Crippen LogP contribution in [0.15, 0.2) is 0 Å². The SMILES string of the molecule is CC(=O)N[C@H]1[C@H](O[C@@H](C)C(=O)O)[C@@H](O)[C@@H](CO)O[C@H]1O. The highest BCUT2D eigenvalue weighted by Gasteiger charge is 2.46. The van der Waals surface area contributed by atoms with E-state index < -0.39 is 55.2 Å². The Morgan fingerprint density at radius 3 is 2.45 bits per heavy atom. The van der Waals surface area contributed by atoms with E-state index in [2.05, 4.69) is 5.32 Å². The van der Waals surface area contributed by atoms with Gasteiger partial charge in [0.05, 0.1) is 6.61 Å². The molecule has 0 aromatic carbocycles. The number of hydrogen-bond acceptors (Lipinski definition) is 7. The normalized spacial score (nSPS) is 35.4. The molecule has 20 heavy (non-hydrogen) atoms. The summed E-state index contributed by atoms with van der Waals surface area (Å²) in [6, 6.07) is -1.15. The lowest BCUT2D eigenvalue weighted by Crippen LogP contribution is -2.65. The number of aliphatic hydroxyl groups is 3. The maximum absolute atomic E-state index is 11.1. The fraction of sp³-hybridized carbons (Fsp3) is 0.818. The Bertz CT molecular complexity index is 362. The predicted molar refractivity (Wildman–Crippen MR) is 63.5 cm³/mol. The smallest absolute Gasteiger partial charge is 0.332 e. The minimum atomic E-state index is -1.54. The van der Waals surface area contributed by atoms with E-state index in [9.17, 15) is 19.8 Å². The number of carboxylic acids is 1. The maximum atomic E-state index is 11.1. The third kappa shape index (κ3) is 3.87. The second kappa shape index (κ2) is 6.95. The van der Waals surface area contributed by atoms with E-state index >= 15 is 0 Å². The van der Waals surface area contributed by atoms with Gasteiger partial charge >= 0.3 is 5.97 Å². The number of nitrogens with one attached hydrogen (secondary N) is 1. The number of hydrogen-bond donors (Lipinski definition) is 5. The molecule has 116 valence electrons. The van der Waals surface area contributed by atoms with Crippen molar-refractivity contribution in [3.8, 4) is 0 Å². The van der Waals surface area contributed by atoms with Crippen molar-refractivity contribution < 1.29 is 39.5 Å². The molecule has 9 nitrogen and oxygen atoms in total. The van der Waals surface area contributed by atoms with Crippen molar-refractivity contribution >= 4 is 11.9 Å². The van der Waals surface area contributed by atoms with E-state index in [4.69, 9.17) is 19.7 Å². The molecule has 0 bridgehead atoms. The van der Waals surface area contributed by atoms with Crippen molar-refractivity contribution in [1.82, 2.24) is 5.32 Å². The molecule has 0 aromatic rings. The van der Waals surface area contributed by atoms with Gasteiger partial charge < -0.3 is 35.2 Å². The Labute approximate surface area is 115 Å². The van der Waals surface area contributed by atoms with Crippen LogP contribution in [-0.2, 0) is 19.1 Å². The lowest BCUT2D eigenvalue weighted by atomic mass is 9.96. The van der Waals surface area contributed by atoms with Crippen LogP contribution in [0.4, 0.5) is 0 Å². The molecule has 0 aromatic heterocycles. The van der Waals surface area contributed by atoms with Crippen LogP contribution in [0.5, 0.6) is 0 Å². The van der Waals surface area contributed by atoms with Crippen LogP contribution in [0, 0.1) is 0 Å². The molecule has 0 saturated carbocycles. The first-order valence-electron chi connectivity index (χ1n) is 6.05. The molecule has 1 saturated heterocycles. The quantitative estimate of drug-likeness (QED) is 0.371. The van der Waals surface area contributed by atoms with Gasteiger partial charge in [0.2, 0.25) is 5.91 Å². The van der Waals surface area contributed by atoms with Gasteiger partial charge in [0.25, 0.3) is 0 Å². The third-order valence-electron chi connectivity index (χ3n) is 2.95. The first-order chi connectivity index (χ1) is 9.27. The topological polar surface area (TPSA) is 146 Å². The van der Waals surface area contributed by atoms with E-state index in [-0.39, 0.29) is 0 Å².